The van der Waals surface area contributed by atoms with Crippen molar-refractivity contribution in [1.29, 1.82) is 0 Å². The Morgan fingerprint density at radius 3 is 2.75 bits per heavy atom. The number of carboxylic acid groups (broad SMARTS) is 1. The van der Waals surface area contributed by atoms with Gasteiger partial charge in [0.25, 0.3) is 0 Å². The van der Waals surface area contributed by atoms with E-state index in [2.05, 4.69) is 0 Å². The first-order valence-electron chi connectivity index (χ1n) is 4.73. The van der Waals surface area contributed by atoms with Crippen LogP contribution in [-0.4, -0.2) is 22.7 Å². The van der Waals surface area contributed by atoms with Crippen molar-refractivity contribution >= 4 is 29.4 Å². The lowest BCUT2D eigenvalue weighted by molar-refractivity contribution is -0.131. The van der Waals surface area contributed by atoms with Gasteiger partial charge in [-0.1, -0.05) is 18.2 Å². The van der Waals surface area contributed by atoms with Crippen LogP contribution >= 0.6 is 11.6 Å². The van der Waals surface area contributed by atoms with Crippen LogP contribution in [0.15, 0.2) is 30.3 Å². The minimum atomic E-state index is -1.02. The van der Waals surface area contributed by atoms with Gasteiger partial charge in [-0.3, -0.25) is 4.79 Å². The molecule has 0 aromatic heterocycles. The van der Waals surface area contributed by atoms with E-state index in [1.807, 2.05) is 0 Å². The maximum Gasteiger partial charge on any atom is 0.328 e. The predicted octanol–water partition coefficient (Wildman–Crippen LogP) is 2.60. The number of Topliss-reactive ketones (excluding diaryl/α,β-unsaturated/α-hetero) is 1. The zero-order chi connectivity index (χ0) is 12.0. The van der Waals surface area contributed by atoms with E-state index in [0.717, 1.165) is 6.08 Å². The van der Waals surface area contributed by atoms with Gasteiger partial charge in [-0.15, -0.1) is 11.6 Å². The van der Waals surface area contributed by atoms with Crippen molar-refractivity contribution in [2.75, 3.05) is 5.88 Å². The number of benzene rings is 1. The molecule has 0 aliphatic rings. The number of alkyl halides is 1. The highest BCUT2D eigenvalue weighted by Crippen LogP contribution is 2.09. The van der Waals surface area contributed by atoms with E-state index >= 15 is 0 Å². The molecule has 1 aromatic rings. The van der Waals surface area contributed by atoms with Crippen LogP contribution in [0.4, 0.5) is 0 Å². The number of carboxylic acids is 1. The Labute approximate surface area is 98.4 Å². The van der Waals surface area contributed by atoms with E-state index in [1.54, 1.807) is 24.3 Å². The molecule has 0 saturated heterocycles. The van der Waals surface area contributed by atoms with Crippen molar-refractivity contribution in [3.05, 3.63) is 41.5 Å². The van der Waals surface area contributed by atoms with Crippen molar-refractivity contribution < 1.29 is 14.7 Å². The molecule has 0 fully saturated rings. The summed E-state index contributed by atoms with van der Waals surface area (Å²) >= 11 is 5.48. The number of rotatable bonds is 5. The smallest absolute Gasteiger partial charge is 0.328 e. The lowest BCUT2D eigenvalue weighted by Gasteiger charge is -1.99. The number of ketones is 1. The Morgan fingerprint density at radius 2 is 2.12 bits per heavy atom. The quantitative estimate of drug-likeness (QED) is 0.487. The average Bonchev–Trinajstić information content (AvgIpc) is 2.27. The van der Waals surface area contributed by atoms with E-state index in [9.17, 15) is 9.59 Å². The van der Waals surface area contributed by atoms with Crippen molar-refractivity contribution in [3.63, 3.8) is 0 Å². The van der Waals surface area contributed by atoms with Crippen LogP contribution in [0.3, 0.4) is 0 Å². The minimum Gasteiger partial charge on any atom is -0.478 e. The first-order valence-corrected chi connectivity index (χ1v) is 5.27. The first-order chi connectivity index (χ1) is 7.63. The molecule has 0 aliphatic heterocycles. The second kappa shape index (κ2) is 6.08. The van der Waals surface area contributed by atoms with Crippen molar-refractivity contribution in [3.8, 4) is 0 Å². The van der Waals surface area contributed by atoms with Gasteiger partial charge in [0.05, 0.1) is 0 Å². The summed E-state index contributed by atoms with van der Waals surface area (Å²) in [5, 5.41) is 8.47. The Bertz CT molecular complexity index is 424. The number of hydrogen-bond acceptors (Lipinski definition) is 2. The summed E-state index contributed by atoms with van der Waals surface area (Å²) in [5.41, 5.74) is 1.23. The lowest BCUT2D eigenvalue weighted by Crippen LogP contribution is -1.99. The molecule has 3 nitrogen and oxygen atoms in total. The van der Waals surface area contributed by atoms with Crippen LogP contribution in [0.1, 0.15) is 22.3 Å². The molecule has 1 rings (SSSR count). The molecule has 1 N–H and O–H groups in total. The van der Waals surface area contributed by atoms with Crippen LogP contribution in [-0.2, 0) is 4.79 Å². The van der Waals surface area contributed by atoms with Crippen LogP contribution in [0.5, 0.6) is 0 Å². The summed E-state index contributed by atoms with van der Waals surface area (Å²) in [4.78, 5) is 21.8. The largest absolute Gasteiger partial charge is 0.478 e. The van der Waals surface area contributed by atoms with Crippen molar-refractivity contribution in [1.82, 2.24) is 0 Å². The summed E-state index contributed by atoms with van der Waals surface area (Å²) in [6.45, 7) is 0. The van der Waals surface area contributed by atoms with E-state index in [1.165, 1.54) is 6.08 Å². The molecule has 0 saturated carbocycles. The average molecular weight is 239 g/mol. The lowest BCUT2D eigenvalue weighted by atomic mass is 10.1. The standard InChI is InChI=1S/C12H11ClO3/c13-7-6-11(14)10-3-1-2-9(8-10)4-5-12(15)16/h1-5,8H,6-7H2,(H,15,16)/b5-4+. The molecule has 0 amide bonds. The molecule has 16 heavy (non-hydrogen) atoms. The molecule has 0 unspecified atom stereocenters. The van der Waals surface area contributed by atoms with Gasteiger partial charge < -0.3 is 5.11 Å². The van der Waals surface area contributed by atoms with Gasteiger partial charge in [-0.05, 0) is 17.7 Å². The fraction of sp³-hybridized carbons (Fsp3) is 0.167. The van der Waals surface area contributed by atoms with E-state index in [4.69, 9.17) is 16.7 Å². The number of halogens is 1. The normalized spacial score (nSPS) is 10.6. The maximum atomic E-state index is 11.5. The van der Waals surface area contributed by atoms with Gasteiger partial charge in [0.2, 0.25) is 0 Å². The summed E-state index contributed by atoms with van der Waals surface area (Å²) < 4.78 is 0. The molecule has 0 bridgehead atoms. The third-order valence-corrected chi connectivity index (χ3v) is 2.14. The van der Waals surface area contributed by atoms with Crippen LogP contribution in [0, 0.1) is 0 Å². The zero-order valence-corrected chi connectivity index (χ0v) is 9.28. The molecule has 84 valence electrons. The topological polar surface area (TPSA) is 54.4 Å². The second-order valence-electron chi connectivity index (χ2n) is 3.16. The Hall–Kier alpha value is -1.61. The zero-order valence-electron chi connectivity index (χ0n) is 8.52. The molecule has 0 heterocycles. The Morgan fingerprint density at radius 1 is 1.38 bits per heavy atom. The van der Waals surface area contributed by atoms with Gasteiger partial charge in [-0.25, -0.2) is 4.79 Å². The number of carbonyl (C=O) groups excluding carboxylic acids is 1. The Kier molecular flexibility index (Phi) is 4.73. The monoisotopic (exact) mass is 238 g/mol. The molecule has 4 heteroatoms. The van der Waals surface area contributed by atoms with Gasteiger partial charge in [-0.2, -0.15) is 0 Å². The summed E-state index contributed by atoms with van der Waals surface area (Å²) in [6, 6.07) is 6.78. The fourth-order valence-corrected chi connectivity index (χ4v) is 1.39. The van der Waals surface area contributed by atoms with Crippen LogP contribution in [0.25, 0.3) is 6.08 Å². The van der Waals surface area contributed by atoms with Gasteiger partial charge >= 0.3 is 5.97 Å². The molecule has 0 atom stereocenters. The molecule has 0 aliphatic carbocycles. The summed E-state index contributed by atoms with van der Waals surface area (Å²) in [7, 11) is 0. The van der Waals surface area contributed by atoms with Gasteiger partial charge in [0.1, 0.15) is 0 Å². The van der Waals surface area contributed by atoms with Crippen molar-refractivity contribution in [2.24, 2.45) is 0 Å². The Balaban J connectivity index is 2.86. The third kappa shape index (κ3) is 3.87. The second-order valence-corrected chi connectivity index (χ2v) is 3.54. The summed E-state index contributed by atoms with van der Waals surface area (Å²) in [6.07, 6.45) is 2.76. The minimum absolute atomic E-state index is 0.0411. The van der Waals surface area contributed by atoms with Crippen LogP contribution < -0.4 is 0 Å². The van der Waals surface area contributed by atoms with Crippen molar-refractivity contribution in [2.45, 2.75) is 6.42 Å². The van der Waals surface area contributed by atoms with E-state index < -0.39 is 5.97 Å². The molecule has 0 spiro atoms. The number of hydrogen-bond donors (Lipinski definition) is 1. The predicted molar refractivity (Wildman–Crippen MR) is 62.8 cm³/mol. The molecule has 1 aromatic carbocycles. The highest BCUT2D eigenvalue weighted by Gasteiger charge is 2.04. The fourth-order valence-electron chi connectivity index (χ4n) is 1.21. The van der Waals surface area contributed by atoms with Gasteiger partial charge in [0.15, 0.2) is 5.78 Å². The highest BCUT2D eigenvalue weighted by molar-refractivity contribution is 6.19. The van der Waals surface area contributed by atoms with E-state index in [0.29, 0.717) is 11.1 Å². The molecular weight excluding hydrogens is 228 g/mol. The third-order valence-electron chi connectivity index (χ3n) is 1.95. The number of aliphatic carboxylic acids is 1. The molecular formula is C12H11ClO3. The van der Waals surface area contributed by atoms with E-state index in [-0.39, 0.29) is 18.1 Å². The molecule has 0 radical (unpaired) electrons. The number of carbonyl (C=O) groups is 2. The highest BCUT2D eigenvalue weighted by atomic mass is 35.5. The van der Waals surface area contributed by atoms with Gasteiger partial charge in [0, 0.05) is 23.9 Å². The first kappa shape index (κ1) is 12.5. The summed E-state index contributed by atoms with van der Waals surface area (Å²) in [5.74, 6) is -0.772. The van der Waals surface area contributed by atoms with Crippen LogP contribution in [0.2, 0.25) is 0 Å². The maximum absolute atomic E-state index is 11.5. The SMILES string of the molecule is O=C(O)/C=C/c1cccc(C(=O)CCCl)c1.